The van der Waals surface area contributed by atoms with Crippen LogP contribution in [0.1, 0.15) is 35.4 Å². The van der Waals surface area contributed by atoms with Crippen LogP contribution >= 0.6 is 19.9 Å². The van der Waals surface area contributed by atoms with Crippen LogP contribution < -0.4 is 34.1 Å². The quantitative estimate of drug-likeness (QED) is 0.0363. The van der Waals surface area contributed by atoms with Gasteiger partial charge in [0.05, 0.1) is 59.5 Å². The van der Waals surface area contributed by atoms with E-state index in [1.54, 1.807) is 13.8 Å². The molecule has 30 nitrogen and oxygen atoms in total. The summed E-state index contributed by atoms with van der Waals surface area (Å²) in [5, 5.41) is 0. The number of hydrogen-bond donors (Lipinski definition) is 6. The highest BCUT2D eigenvalue weighted by atomic mass is 32.5. The van der Waals surface area contributed by atoms with E-state index < -0.39 is 129 Å². The maximum atomic E-state index is 13.5. The first-order chi connectivity index (χ1) is 36.3. The fraction of sp³-hybridized carbons (Fsp3) is 0.707. The van der Waals surface area contributed by atoms with Crippen LogP contribution in [0.5, 0.6) is 0 Å². The van der Waals surface area contributed by atoms with Gasteiger partial charge in [0.1, 0.15) is 66.6 Å². The number of aromatic nitrogens is 6. The lowest BCUT2D eigenvalue weighted by atomic mass is 10.1. The van der Waals surface area contributed by atoms with E-state index in [-0.39, 0.29) is 63.4 Å². The Balaban J connectivity index is 1.32. The fourth-order valence-corrected chi connectivity index (χ4v) is 12.2. The van der Waals surface area contributed by atoms with Gasteiger partial charge >= 0.3 is 30.5 Å². The highest BCUT2D eigenvalue weighted by Crippen LogP contribution is 2.54. The second kappa shape index (κ2) is 27.8. The summed E-state index contributed by atoms with van der Waals surface area (Å²) in [5.41, 5.74) is 9.71. The van der Waals surface area contributed by atoms with E-state index in [2.05, 4.69) is 15.0 Å². The van der Waals surface area contributed by atoms with Crippen molar-refractivity contribution in [1.29, 1.82) is 0 Å². The first-order valence-corrected chi connectivity index (χ1v) is 31.7. The Morgan fingerprint density at radius 3 is 1.30 bits per heavy atom. The van der Waals surface area contributed by atoms with Crippen molar-refractivity contribution in [3.05, 3.63) is 77.1 Å². The largest absolute Gasteiger partial charge is 0.383 e. The Kier molecular flexibility index (Phi) is 22.9. The third-order valence-corrected chi connectivity index (χ3v) is 15.9. The van der Waals surface area contributed by atoms with E-state index in [1.165, 1.54) is 60.6 Å². The van der Waals surface area contributed by atoms with Crippen molar-refractivity contribution in [3.63, 3.8) is 0 Å². The van der Waals surface area contributed by atoms with E-state index in [4.69, 9.17) is 117 Å². The Labute approximate surface area is 456 Å². The zero-order valence-corrected chi connectivity index (χ0v) is 48.2. The van der Waals surface area contributed by atoms with Gasteiger partial charge in [-0.25, -0.2) is 14.4 Å². The van der Waals surface area contributed by atoms with Crippen LogP contribution in [0.3, 0.4) is 0 Å². The van der Waals surface area contributed by atoms with E-state index in [1.807, 2.05) is 0 Å². The molecule has 3 saturated heterocycles. The summed E-state index contributed by atoms with van der Waals surface area (Å²) in [7, 11) is 5.68. The molecule has 36 heteroatoms. The van der Waals surface area contributed by atoms with Crippen LogP contribution in [0.4, 0.5) is 11.6 Å². The fourth-order valence-electron chi connectivity index (χ4n) is 8.31. The van der Waals surface area contributed by atoms with Crippen LogP contribution in [-0.2, 0) is 105 Å². The molecule has 8 N–H and O–H groups in total. The van der Waals surface area contributed by atoms with Gasteiger partial charge in [0.15, 0.2) is 25.2 Å². The summed E-state index contributed by atoms with van der Waals surface area (Å²) >= 11 is 16.5. The summed E-state index contributed by atoms with van der Waals surface area (Å²) in [4.78, 5) is 97.0. The Morgan fingerprint density at radius 1 is 0.558 bits per heavy atom. The maximum Gasteiger partial charge on any atom is 0.351 e. The average Bonchev–Trinajstić information content (AvgIpc) is 4.02. The van der Waals surface area contributed by atoms with Crippen molar-refractivity contribution in [3.8, 4) is 0 Å². The minimum Gasteiger partial charge on any atom is -0.383 e. The number of ether oxygens (including phenoxy) is 10. The van der Waals surface area contributed by atoms with Crippen LogP contribution in [0.2, 0.25) is 0 Å². The highest BCUT2D eigenvalue weighted by molar-refractivity contribution is 8.09. The molecule has 3 aliphatic rings. The molecule has 0 amide bonds. The van der Waals surface area contributed by atoms with E-state index in [9.17, 15) is 33.9 Å². The number of nitrogens with zero attached hydrogens (tertiary/aromatic N) is 5. The van der Waals surface area contributed by atoms with Crippen LogP contribution in [-0.4, -0.2) is 193 Å². The molecule has 6 heterocycles. The smallest absolute Gasteiger partial charge is 0.351 e. The van der Waals surface area contributed by atoms with Gasteiger partial charge in [0, 0.05) is 70.4 Å². The number of nitrogen functional groups attached to an aromatic ring is 2. The Hall–Kier alpha value is -2.73. The topological polar surface area (TPSA) is 376 Å². The molecule has 0 radical (unpaired) electrons. The van der Waals surface area contributed by atoms with Crippen LogP contribution in [0.15, 0.2) is 37.8 Å². The molecule has 3 aliphatic heterocycles. The minimum absolute atomic E-state index is 0.0160. The molecule has 0 aromatic carbocycles. The van der Waals surface area contributed by atoms with Gasteiger partial charge in [-0.1, -0.05) is 0 Å². The second-order valence-corrected chi connectivity index (χ2v) is 27.1. The zero-order chi connectivity index (χ0) is 56.6. The molecule has 6 unspecified atom stereocenters. The third kappa shape index (κ3) is 16.5. The molecule has 77 heavy (non-hydrogen) atoms. The van der Waals surface area contributed by atoms with Gasteiger partial charge in [0.25, 0.3) is 5.56 Å². The van der Waals surface area contributed by atoms with Crippen molar-refractivity contribution in [1.82, 2.24) is 28.7 Å². The summed E-state index contributed by atoms with van der Waals surface area (Å²) in [6, 6.07) is 0. The Bertz CT molecular complexity index is 2880. The normalized spacial score (nSPS) is 28.9. The zero-order valence-electron chi connectivity index (χ0n) is 43.1. The number of nitrogens with two attached hydrogens (primary N) is 2. The van der Waals surface area contributed by atoms with E-state index in [0.29, 0.717) is 11.1 Å². The SMILES string of the molecule is COCCO[C@H]1C(OP(C)(O)=S)[C@@H](COP(O)(=S)OC2[C@@H](COP(O)(=S)OC3[C@@H](COC)O[C@@H](n4cc(C)c(=O)[nH]c4=O)[C@H]3OCCOC)O[C@@H](n3cc(C)c(N)nc3=O)[C@H]2OCCOC)O[C@H]1n1cc(C)c(N)nc1=O. The van der Waals surface area contributed by atoms with Gasteiger partial charge in [-0.15, -0.1) is 0 Å². The number of H-pyrrole nitrogens is 1. The minimum atomic E-state index is -4.60. The molecule has 3 fully saturated rings. The molecule has 3 aromatic rings. The molecule has 0 bridgehead atoms. The Morgan fingerprint density at radius 2 is 0.922 bits per heavy atom. The average molecular weight is 1210 g/mol. The van der Waals surface area contributed by atoms with Gasteiger partial charge in [-0.05, 0) is 56.2 Å². The molecule has 0 aliphatic carbocycles. The molecule has 15 atom stereocenters. The van der Waals surface area contributed by atoms with Gasteiger partial charge in [-0.2, -0.15) is 9.97 Å². The first kappa shape index (κ1) is 63.5. The molecule has 6 rings (SSSR count). The van der Waals surface area contributed by atoms with Crippen molar-refractivity contribution < 1.29 is 84.7 Å². The monoisotopic (exact) mass is 1210 g/mol. The maximum absolute atomic E-state index is 13.5. The van der Waals surface area contributed by atoms with E-state index in [0.717, 1.165) is 13.7 Å². The van der Waals surface area contributed by atoms with Gasteiger partial charge < -0.3 is 87.1 Å². The predicted octanol–water partition coefficient (Wildman–Crippen LogP) is -0.873. The molecular formula is C41H65N8O22P3S3. The first-order valence-electron chi connectivity index (χ1n) is 23.4. The lowest BCUT2D eigenvalue weighted by molar-refractivity contribution is -0.0841. The second-order valence-electron chi connectivity index (χ2n) is 17.7. The summed E-state index contributed by atoms with van der Waals surface area (Å²) in [6.45, 7) is -8.23. The molecule has 0 spiro atoms. The van der Waals surface area contributed by atoms with Crippen molar-refractivity contribution in [2.45, 2.75) is 94.4 Å². The predicted molar refractivity (Wildman–Crippen MR) is 282 cm³/mol. The highest BCUT2D eigenvalue weighted by Gasteiger charge is 2.54. The number of aryl methyl sites for hydroxylation is 3. The van der Waals surface area contributed by atoms with E-state index >= 15 is 0 Å². The number of nitrogens with one attached hydrogen (secondary N) is 1. The number of anilines is 2. The lowest BCUT2D eigenvalue weighted by Gasteiger charge is -2.30. The van der Waals surface area contributed by atoms with Crippen LogP contribution in [0.25, 0.3) is 0 Å². The summed E-state index contributed by atoms with van der Waals surface area (Å²) < 4.78 is 92.0. The summed E-state index contributed by atoms with van der Waals surface area (Å²) in [6.07, 6.45) is -11.6. The molecular weight excluding hydrogens is 1150 g/mol. The van der Waals surface area contributed by atoms with Crippen molar-refractivity contribution >= 4 is 67.0 Å². The molecule has 0 saturated carbocycles. The molecule has 3 aromatic heterocycles. The van der Waals surface area contributed by atoms with Crippen molar-refractivity contribution in [2.75, 3.05) is 106 Å². The number of hydrogen-bond acceptors (Lipinski definition) is 26. The number of methoxy groups -OCH3 is 4. The summed E-state index contributed by atoms with van der Waals surface area (Å²) in [5.74, 6) is -0.0989. The standard InChI is InChI=1S/C41H65N8O22P3S3/c1-21-15-47(39(51)44-33(21)42)36-30(61-12-9-57-4)27(69-72(8,54)75)25(67-36)19-64-74(56,77)71-29-26(68-37(32(29)63-14-11-59-6)48-16-22(2)34(43)45-40(48)52)20-65-73(55,76)70-28-24(18-60-7)66-38(31(28)62-13-10-58-5)49-17-23(3)35(50)46-41(49)53/h15-17,24-32,36-38H,9-14,18-20H2,1-8H3,(H,54,75)(H,55,76)(H,56,77)(H2,42,44,51)(H2,43,45,52)(H,46,50,53)/t24-,25-,26-,27?,28?,29?,30+,31+,32+,36-,37-,38-,72?,73?,74?/m1/s1. The lowest BCUT2D eigenvalue weighted by Crippen LogP contribution is -2.42. The van der Waals surface area contributed by atoms with Crippen molar-refractivity contribution in [2.24, 2.45) is 0 Å². The number of aromatic amines is 1. The third-order valence-electron chi connectivity index (χ3n) is 11.9. The van der Waals surface area contributed by atoms with Crippen LogP contribution in [0, 0.1) is 20.8 Å². The van der Waals surface area contributed by atoms with Gasteiger partial charge in [0.2, 0.25) is 0 Å². The number of rotatable bonds is 29. The van der Waals surface area contributed by atoms with Gasteiger partial charge in [-0.3, -0.25) is 32.5 Å². The molecule has 434 valence electrons.